The van der Waals surface area contributed by atoms with Crippen LogP contribution < -0.4 is 5.32 Å². The van der Waals surface area contributed by atoms with Gasteiger partial charge in [0.2, 0.25) is 0 Å². The third-order valence-electron chi connectivity index (χ3n) is 5.36. The van der Waals surface area contributed by atoms with Gasteiger partial charge in [0.1, 0.15) is 0 Å². The van der Waals surface area contributed by atoms with E-state index < -0.39 is 11.0 Å². The maximum atomic E-state index is 10.9. The summed E-state index contributed by atoms with van der Waals surface area (Å²) < 4.78 is 0. The van der Waals surface area contributed by atoms with Crippen molar-refractivity contribution in [3.8, 4) is 6.07 Å². The highest BCUT2D eigenvalue weighted by molar-refractivity contribution is 5.14. The number of aliphatic hydroxyl groups is 1. The first-order valence-corrected chi connectivity index (χ1v) is 7.37. The van der Waals surface area contributed by atoms with Gasteiger partial charge in [0, 0.05) is 0 Å². The van der Waals surface area contributed by atoms with E-state index in [1.54, 1.807) is 0 Å². The molecule has 2 aliphatic rings. The van der Waals surface area contributed by atoms with Crippen molar-refractivity contribution in [1.82, 2.24) is 5.32 Å². The van der Waals surface area contributed by atoms with Gasteiger partial charge in [0.25, 0.3) is 0 Å². The second-order valence-corrected chi connectivity index (χ2v) is 6.56. The van der Waals surface area contributed by atoms with Crippen LogP contribution in [0.1, 0.15) is 52.4 Å². The summed E-state index contributed by atoms with van der Waals surface area (Å²) in [5.41, 5.74) is -1.24. The smallest absolute Gasteiger partial charge is 0.0861 e. The lowest BCUT2D eigenvalue weighted by Gasteiger charge is -2.49. The van der Waals surface area contributed by atoms with E-state index in [2.05, 4.69) is 25.2 Å². The lowest BCUT2D eigenvalue weighted by molar-refractivity contribution is -0.0990. The second-order valence-electron chi connectivity index (χ2n) is 6.56. The quantitative estimate of drug-likeness (QED) is 0.791. The maximum Gasteiger partial charge on any atom is 0.0861 e. The molecular formula is C15H26N2O. The van der Waals surface area contributed by atoms with E-state index in [9.17, 15) is 10.4 Å². The van der Waals surface area contributed by atoms with Crippen LogP contribution in [0.15, 0.2) is 0 Å². The van der Waals surface area contributed by atoms with Crippen LogP contribution in [-0.4, -0.2) is 23.8 Å². The maximum absolute atomic E-state index is 10.9. The minimum Gasteiger partial charge on any atom is -0.388 e. The van der Waals surface area contributed by atoms with Crippen molar-refractivity contribution in [3.05, 3.63) is 0 Å². The highest BCUT2D eigenvalue weighted by Crippen LogP contribution is 2.50. The van der Waals surface area contributed by atoms with Gasteiger partial charge in [-0.2, -0.15) is 5.26 Å². The molecule has 1 saturated heterocycles. The molecule has 2 fully saturated rings. The summed E-state index contributed by atoms with van der Waals surface area (Å²) in [5.74, 6) is 1.43. The third-order valence-corrected chi connectivity index (χ3v) is 5.36. The van der Waals surface area contributed by atoms with E-state index in [1.165, 1.54) is 0 Å². The summed E-state index contributed by atoms with van der Waals surface area (Å²) in [6.07, 6.45) is 5.41. The molecule has 0 radical (unpaired) electrons. The Morgan fingerprint density at radius 2 is 1.72 bits per heavy atom. The zero-order valence-corrected chi connectivity index (χ0v) is 11.7. The van der Waals surface area contributed by atoms with Crippen molar-refractivity contribution in [3.63, 3.8) is 0 Å². The largest absolute Gasteiger partial charge is 0.388 e. The normalized spacial score (nSPS) is 36.3. The van der Waals surface area contributed by atoms with Crippen LogP contribution >= 0.6 is 0 Å². The van der Waals surface area contributed by atoms with Crippen LogP contribution in [0.25, 0.3) is 0 Å². The third kappa shape index (κ3) is 2.29. The number of nitrogens with zero attached hydrogens (tertiary/aromatic N) is 1. The predicted octanol–water partition coefficient (Wildman–Crippen LogP) is 2.46. The first-order valence-electron chi connectivity index (χ1n) is 7.37. The van der Waals surface area contributed by atoms with E-state index in [-0.39, 0.29) is 0 Å². The molecule has 1 aliphatic carbocycles. The molecule has 0 atom stereocenters. The monoisotopic (exact) mass is 250 g/mol. The summed E-state index contributed by atoms with van der Waals surface area (Å²) in [6, 6.07) is 2.51. The molecule has 2 N–H and O–H groups in total. The van der Waals surface area contributed by atoms with Crippen LogP contribution in [0, 0.1) is 28.6 Å². The second kappa shape index (κ2) is 5.19. The summed E-state index contributed by atoms with van der Waals surface area (Å²) in [5, 5.41) is 23.8. The summed E-state index contributed by atoms with van der Waals surface area (Å²) >= 11 is 0. The summed E-state index contributed by atoms with van der Waals surface area (Å²) in [4.78, 5) is 0. The van der Waals surface area contributed by atoms with Gasteiger partial charge >= 0.3 is 0 Å². The molecule has 1 aliphatic heterocycles. The molecule has 3 heteroatoms. The van der Waals surface area contributed by atoms with Crippen LogP contribution in [0.4, 0.5) is 0 Å². The number of nitrogens with one attached hydrogen (secondary N) is 1. The Morgan fingerprint density at radius 3 is 2.17 bits per heavy atom. The number of rotatable bonds is 2. The van der Waals surface area contributed by atoms with Crippen LogP contribution in [0.5, 0.6) is 0 Å². The van der Waals surface area contributed by atoms with Gasteiger partial charge in [-0.3, -0.25) is 0 Å². The van der Waals surface area contributed by atoms with Gasteiger partial charge in [0.05, 0.1) is 17.1 Å². The Morgan fingerprint density at radius 1 is 1.17 bits per heavy atom. The lowest BCUT2D eigenvalue weighted by atomic mass is 9.58. The van der Waals surface area contributed by atoms with E-state index in [4.69, 9.17) is 0 Å². The number of hydrogen-bond acceptors (Lipinski definition) is 3. The molecule has 1 saturated carbocycles. The number of hydrogen-bond donors (Lipinski definition) is 2. The molecular weight excluding hydrogens is 224 g/mol. The van der Waals surface area contributed by atoms with E-state index in [1.807, 2.05) is 0 Å². The fourth-order valence-corrected chi connectivity index (χ4v) is 3.80. The van der Waals surface area contributed by atoms with Crippen molar-refractivity contribution in [2.24, 2.45) is 17.3 Å². The van der Waals surface area contributed by atoms with Crippen LogP contribution in [0.2, 0.25) is 0 Å². The fourth-order valence-electron chi connectivity index (χ4n) is 3.80. The highest BCUT2D eigenvalue weighted by Gasteiger charge is 2.52. The van der Waals surface area contributed by atoms with Crippen molar-refractivity contribution < 1.29 is 5.11 Å². The highest BCUT2D eigenvalue weighted by atomic mass is 16.3. The molecule has 0 aromatic carbocycles. The zero-order chi connectivity index (χ0) is 13.2. The van der Waals surface area contributed by atoms with Crippen LogP contribution in [-0.2, 0) is 0 Å². The van der Waals surface area contributed by atoms with E-state index >= 15 is 0 Å². The molecule has 0 unspecified atom stereocenters. The van der Waals surface area contributed by atoms with Gasteiger partial charge in [-0.05, 0) is 63.5 Å². The molecule has 0 aromatic rings. The van der Waals surface area contributed by atoms with E-state index in [0.717, 1.165) is 57.5 Å². The average molecular weight is 250 g/mol. The molecule has 0 aromatic heterocycles. The number of nitriles is 1. The van der Waals surface area contributed by atoms with Crippen molar-refractivity contribution in [2.45, 2.75) is 58.0 Å². The Labute approximate surface area is 111 Å². The molecule has 102 valence electrons. The Bertz CT molecular complexity index is 318. The van der Waals surface area contributed by atoms with Crippen molar-refractivity contribution in [1.29, 1.82) is 5.26 Å². The Kier molecular flexibility index (Phi) is 3.99. The minimum absolute atomic E-state index is 0.486. The van der Waals surface area contributed by atoms with Gasteiger partial charge < -0.3 is 10.4 Å². The standard InChI is InChI=1S/C15H26N2O/c1-12(2)13-3-5-14(11-16,6-4-13)15(18)7-9-17-10-8-15/h12-13,17-18H,3-10H2,1-2H3. The average Bonchev–Trinajstić information content (AvgIpc) is 2.39. The summed E-state index contributed by atoms with van der Waals surface area (Å²) in [6.45, 7) is 6.22. The molecule has 3 nitrogen and oxygen atoms in total. The van der Waals surface area contributed by atoms with Gasteiger partial charge in [-0.25, -0.2) is 0 Å². The van der Waals surface area contributed by atoms with Gasteiger partial charge in [0.15, 0.2) is 0 Å². The number of piperidine rings is 1. The zero-order valence-electron chi connectivity index (χ0n) is 11.7. The van der Waals surface area contributed by atoms with Gasteiger partial charge in [-0.1, -0.05) is 13.8 Å². The Hall–Kier alpha value is -0.590. The SMILES string of the molecule is CC(C)C1CCC(C#N)(C2(O)CCNCC2)CC1. The van der Waals surface area contributed by atoms with Crippen molar-refractivity contribution in [2.75, 3.05) is 13.1 Å². The molecule has 1 heterocycles. The predicted molar refractivity (Wildman–Crippen MR) is 71.9 cm³/mol. The summed E-state index contributed by atoms with van der Waals surface area (Å²) in [7, 11) is 0. The van der Waals surface area contributed by atoms with Gasteiger partial charge in [-0.15, -0.1) is 0 Å². The topological polar surface area (TPSA) is 56.0 Å². The Balaban J connectivity index is 2.11. The minimum atomic E-state index is -0.755. The fraction of sp³-hybridized carbons (Fsp3) is 0.933. The first kappa shape index (κ1) is 13.8. The van der Waals surface area contributed by atoms with Crippen molar-refractivity contribution >= 4 is 0 Å². The first-order chi connectivity index (χ1) is 8.53. The molecule has 0 amide bonds. The lowest BCUT2D eigenvalue weighted by Crippen LogP contribution is -2.55. The van der Waals surface area contributed by atoms with E-state index in [0.29, 0.717) is 5.92 Å². The molecule has 18 heavy (non-hydrogen) atoms. The molecule has 0 bridgehead atoms. The molecule has 0 spiro atoms. The van der Waals surface area contributed by atoms with Crippen LogP contribution in [0.3, 0.4) is 0 Å². The molecule has 2 rings (SSSR count).